The van der Waals surface area contributed by atoms with Crippen molar-refractivity contribution < 1.29 is 12.7 Å². The van der Waals surface area contributed by atoms with Crippen LogP contribution in [0.5, 0.6) is 0 Å². The lowest BCUT2D eigenvalue weighted by atomic mass is 10.5. The van der Waals surface area contributed by atoms with Gasteiger partial charge in [-0.1, -0.05) is 29.9 Å². The van der Waals surface area contributed by atoms with Gasteiger partial charge in [0, 0.05) is 6.42 Å². The van der Waals surface area contributed by atoms with Crippen molar-refractivity contribution in [2.75, 3.05) is 5.75 Å². The van der Waals surface area contributed by atoms with Crippen LogP contribution in [0.25, 0.3) is 0 Å². The SMILES string of the molecule is CCCS(=O)(=O)ON=C1CC=CS1. The summed E-state index contributed by atoms with van der Waals surface area (Å²) in [6, 6.07) is 0. The summed E-state index contributed by atoms with van der Waals surface area (Å²) in [4.78, 5) is 0. The van der Waals surface area contributed by atoms with Gasteiger partial charge in [-0.15, -0.1) is 0 Å². The minimum atomic E-state index is -3.45. The third kappa shape index (κ3) is 3.82. The summed E-state index contributed by atoms with van der Waals surface area (Å²) in [7, 11) is -3.45. The standard InChI is InChI=1S/C7H11NO3S2/c1-2-6-13(9,10)11-8-7-4-3-5-12-7/h3,5H,2,4,6H2,1H3. The topological polar surface area (TPSA) is 55.7 Å². The van der Waals surface area contributed by atoms with Crippen LogP contribution in [-0.4, -0.2) is 19.2 Å². The molecule has 0 amide bonds. The van der Waals surface area contributed by atoms with Gasteiger partial charge in [0.05, 0.1) is 5.75 Å². The first-order valence-electron chi connectivity index (χ1n) is 3.94. The molecule has 0 aromatic heterocycles. The maximum atomic E-state index is 11.0. The molecule has 0 aliphatic carbocycles. The zero-order valence-electron chi connectivity index (χ0n) is 7.26. The maximum absolute atomic E-state index is 11.0. The smallest absolute Gasteiger partial charge is 0.268 e. The highest BCUT2D eigenvalue weighted by Crippen LogP contribution is 2.18. The quantitative estimate of drug-likeness (QED) is 0.678. The van der Waals surface area contributed by atoms with E-state index in [0.29, 0.717) is 17.9 Å². The molecule has 4 nitrogen and oxygen atoms in total. The number of nitrogens with zero attached hydrogens (tertiary/aromatic N) is 1. The Morgan fingerprint density at radius 2 is 2.46 bits per heavy atom. The second-order valence-corrected chi connectivity index (χ2v) is 5.17. The first kappa shape index (κ1) is 10.6. The minimum Gasteiger partial charge on any atom is -0.268 e. The molecule has 0 saturated carbocycles. The van der Waals surface area contributed by atoms with E-state index in [2.05, 4.69) is 9.44 Å². The van der Waals surface area contributed by atoms with E-state index >= 15 is 0 Å². The van der Waals surface area contributed by atoms with Gasteiger partial charge < -0.3 is 0 Å². The number of hydrogen-bond donors (Lipinski definition) is 0. The van der Waals surface area contributed by atoms with Crippen molar-refractivity contribution in [2.24, 2.45) is 5.16 Å². The van der Waals surface area contributed by atoms with Crippen LogP contribution in [0.4, 0.5) is 0 Å². The fourth-order valence-electron chi connectivity index (χ4n) is 0.768. The van der Waals surface area contributed by atoms with Crippen LogP contribution in [-0.2, 0) is 14.4 Å². The summed E-state index contributed by atoms with van der Waals surface area (Å²) in [5, 5.41) is 6.08. The van der Waals surface area contributed by atoms with E-state index in [0.717, 1.165) is 0 Å². The number of oxime groups is 1. The molecule has 0 spiro atoms. The van der Waals surface area contributed by atoms with Gasteiger partial charge in [-0.05, 0) is 11.8 Å². The largest absolute Gasteiger partial charge is 0.328 e. The van der Waals surface area contributed by atoms with Crippen molar-refractivity contribution >= 4 is 26.9 Å². The molecule has 1 aliphatic rings. The van der Waals surface area contributed by atoms with Crippen LogP contribution in [0.3, 0.4) is 0 Å². The van der Waals surface area contributed by atoms with E-state index < -0.39 is 10.1 Å². The number of hydrogen-bond acceptors (Lipinski definition) is 5. The summed E-state index contributed by atoms with van der Waals surface area (Å²) in [6.45, 7) is 1.78. The molecule has 0 atom stereocenters. The van der Waals surface area contributed by atoms with E-state index in [1.807, 2.05) is 11.5 Å². The molecule has 6 heteroatoms. The zero-order valence-corrected chi connectivity index (χ0v) is 8.90. The summed E-state index contributed by atoms with van der Waals surface area (Å²) < 4.78 is 26.5. The van der Waals surface area contributed by atoms with Crippen molar-refractivity contribution in [1.82, 2.24) is 0 Å². The lowest BCUT2D eigenvalue weighted by Crippen LogP contribution is -2.07. The summed E-state index contributed by atoms with van der Waals surface area (Å²) in [5.41, 5.74) is 0. The molecule has 0 N–H and O–H groups in total. The Hall–Kier alpha value is -0.490. The van der Waals surface area contributed by atoms with E-state index in [9.17, 15) is 8.42 Å². The lowest BCUT2D eigenvalue weighted by Gasteiger charge is -1.99. The third-order valence-corrected chi connectivity index (χ3v) is 3.35. The fourth-order valence-corrected chi connectivity index (χ4v) is 2.22. The predicted octanol–water partition coefficient (Wildman–Crippen LogP) is 1.71. The predicted molar refractivity (Wildman–Crippen MR) is 53.9 cm³/mol. The van der Waals surface area contributed by atoms with Crippen LogP contribution in [0.2, 0.25) is 0 Å². The van der Waals surface area contributed by atoms with Crippen molar-refractivity contribution in [1.29, 1.82) is 0 Å². The van der Waals surface area contributed by atoms with Crippen molar-refractivity contribution in [3.8, 4) is 0 Å². The monoisotopic (exact) mass is 221 g/mol. The van der Waals surface area contributed by atoms with E-state index in [-0.39, 0.29) is 5.75 Å². The summed E-state index contributed by atoms with van der Waals surface area (Å²) in [5.74, 6) is 0.0157. The molecule has 0 aromatic rings. The van der Waals surface area contributed by atoms with Gasteiger partial charge in [0.25, 0.3) is 0 Å². The molecule has 0 saturated heterocycles. The third-order valence-electron chi connectivity index (χ3n) is 1.30. The second kappa shape index (κ2) is 4.66. The van der Waals surface area contributed by atoms with Crippen LogP contribution in [0, 0.1) is 0 Å². The fraction of sp³-hybridized carbons (Fsp3) is 0.571. The Balaban J connectivity index is 2.45. The second-order valence-electron chi connectivity index (χ2n) is 2.52. The number of rotatable bonds is 4. The van der Waals surface area contributed by atoms with Gasteiger partial charge >= 0.3 is 10.1 Å². The Labute approximate surface area is 82.2 Å². The van der Waals surface area contributed by atoms with Gasteiger partial charge in [-0.3, -0.25) is 4.28 Å². The van der Waals surface area contributed by atoms with Gasteiger partial charge in [0.15, 0.2) is 0 Å². The molecular formula is C7H11NO3S2. The van der Waals surface area contributed by atoms with Crippen LogP contribution < -0.4 is 0 Å². The lowest BCUT2D eigenvalue weighted by molar-refractivity contribution is 0.339. The Morgan fingerprint density at radius 1 is 1.69 bits per heavy atom. The Morgan fingerprint density at radius 3 is 3.00 bits per heavy atom. The van der Waals surface area contributed by atoms with Crippen LogP contribution in [0.15, 0.2) is 16.6 Å². The first-order valence-corrected chi connectivity index (χ1v) is 6.39. The molecule has 1 heterocycles. The van der Waals surface area contributed by atoms with Crippen molar-refractivity contribution in [3.63, 3.8) is 0 Å². The number of thioether (sulfide) groups is 1. The molecule has 1 aliphatic heterocycles. The molecule has 0 aromatic carbocycles. The van der Waals surface area contributed by atoms with Gasteiger partial charge in [0.1, 0.15) is 5.04 Å². The van der Waals surface area contributed by atoms with E-state index in [1.165, 1.54) is 11.8 Å². The molecular weight excluding hydrogens is 210 g/mol. The van der Waals surface area contributed by atoms with Crippen molar-refractivity contribution in [2.45, 2.75) is 19.8 Å². The maximum Gasteiger partial charge on any atom is 0.328 e. The highest BCUT2D eigenvalue weighted by Gasteiger charge is 2.11. The molecule has 1 rings (SSSR count). The molecule has 0 radical (unpaired) electrons. The zero-order chi connectivity index (χ0) is 9.73. The first-order chi connectivity index (χ1) is 6.14. The average Bonchev–Trinajstić information content (AvgIpc) is 2.52. The van der Waals surface area contributed by atoms with Gasteiger partial charge in [-0.2, -0.15) is 8.42 Å². The van der Waals surface area contributed by atoms with Gasteiger partial charge in [0.2, 0.25) is 0 Å². The highest BCUT2D eigenvalue weighted by molar-refractivity contribution is 8.16. The highest BCUT2D eigenvalue weighted by atomic mass is 32.2. The molecule has 0 unspecified atom stereocenters. The van der Waals surface area contributed by atoms with Crippen LogP contribution in [0.1, 0.15) is 19.8 Å². The van der Waals surface area contributed by atoms with E-state index in [4.69, 9.17) is 0 Å². The van der Waals surface area contributed by atoms with E-state index in [1.54, 1.807) is 6.92 Å². The van der Waals surface area contributed by atoms with Gasteiger partial charge in [-0.25, -0.2) is 0 Å². The molecule has 0 fully saturated rings. The van der Waals surface area contributed by atoms with Crippen molar-refractivity contribution in [3.05, 3.63) is 11.5 Å². The summed E-state index contributed by atoms with van der Waals surface area (Å²) >= 11 is 1.38. The molecule has 13 heavy (non-hydrogen) atoms. The normalized spacial score (nSPS) is 19.6. The molecule has 74 valence electrons. The van der Waals surface area contributed by atoms with Crippen LogP contribution >= 0.6 is 11.8 Å². The number of allylic oxidation sites excluding steroid dienone is 1. The minimum absolute atomic E-state index is 0.0157. The average molecular weight is 221 g/mol. The Bertz CT molecular complexity index is 309. The molecule has 0 bridgehead atoms. The summed E-state index contributed by atoms with van der Waals surface area (Å²) in [6.07, 6.45) is 3.10. The Kier molecular flexibility index (Phi) is 3.80.